The van der Waals surface area contributed by atoms with Crippen LogP contribution in [0.1, 0.15) is 11.7 Å². The molecule has 0 aliphatic rings. The van der Waals surface area contributed by atoms with Crippen LogP contribution < -0.4 is 0 Å². The summed E-state index contributed by atoms with van der Waals surface area (Å²) in [6.45, 7) is 3.11. The van der Waals surface area contributed by atoms with Crippen LogP contribution in [0.5, 0.6) is 0 Å². The lowest BCUT2D eigenvalue weighted by Crippen LogP contribution is -2.21. The van der Waals surface area contributed by atoms with Crippen LogP contribution in [-0.2, 0) is 4.74 Å². The van der Waals surface area contributed by atoms with E-state index in [1.54, 1.807) is 0 Å². The molecule has 0 fully saturated rings. The highest BCUT2D eigenvalue weighted by atomic mass is 35.5. The molecule has 15 heavy (non-hydrogen) atoms. The zero-order valence-corrected chi connectivity index (χ0v) is 8.35. The molecule has 1 unspecified atom stereocenters. The van der Waals surface area contributed by atoms with E-state index in [0.717, 1.165) is 6.26 Å². The Hall–Kier alpha value is -1.16. The topological polar surface area (TPSA) is 9.23 Å². The third-order valence-electron chi connectivity index (χ3n) is 1.70. The normalized spacial score (nSPS) is 13.3. The highest BCUT2D eigenvalue weighted by Gasteiger charge is 2.42. The summed E-state index contributed by atoms with van der Waals surface area (Å²) in [6.07, 6.45) is -5.69. The van der Waals surface area contributed by atoms with E-state index in [9.17, 15) is 13.2 Å². The van der Waals surface area contributed by atoms with E-state index >= 15 is 0 Å². The minimum Gasteiger partial charge on any atom is -0.484 e. The molecule has 1 atom stereocenters. The molecule has 0 radical (unpaired) electrons. The summed E-state index contributed by atoms with van der Waals surface area (Å²) in [7, 11) is 0. The highest BCUT2D eigenvalue weighted by molar-refractivity contribution is 6.30. The first kappa shape index (κ1) is 11.9. The van der Waals surface area contributed by atoms with Gasteiger partial charge in [-0.25, -0.2) is 0 Å². The molecular weight excluding hydrogens is 229 g/mol. The molecule has 0 bridgehead atoms. The maximum atomic E-state index is 12.5. The van der Waals surface area contributed by atoms with E-state index in [-0.39, 0.29) is 5.56 Å². The molecule has 0 aliphatic carbocycles. The zero-order chi connectivity index (χ0) is 11.5. The number of halogens is 4. The number of rotatable bonds is 3. The Balaban J connectivity index is 2.99. The number of benzene rings is 1. The van der Waals surface area contributed by atoms with Gasteiger partial charge in [0, 0.05) is 10.6 Å². The monoisotopic (exact) mass is 236 g/mol. The Morgan fingerprint density at radius 2 is 1.80 bits per heavy atom. The molecule has 82 valence electrons. The van der Waals surface area contributed by atoms with E-state index < -0.39 is 12.3 Å². The van der Waals surface area contributed by atoms with Crippen molar-refractivity contribution in [2.24, 2.45) is 0 Å². The van der Waals surface area contributed by atoms with Gasteiger partial charge in [-0.05, 0) is 12.1 Å². The van der Waals surface area contributed by atoms with Gasteiger partial charge >= 0.3 is 6.18 Å². The van der Waals surface area contributed by atoms with Crippen LogP contribution in [0, 0.1) is 0 Å². The van der Waals surface area contributed by atoms with Crippen LogP contribution in [0.3, 0.4) is 0 Å². The Morgan fingerprint density at radius 1 is 1.27 bits per heavy atom. The molecule has 5 heteroatoms. The number of alkyl halides is 3. The molecule has 1 nitrogen and oxygen atoms in total. The maximum absolute atomic E-state index is 12.5. The van der Waals surface area contributed by atoms with Gasteiger partial charge in [0.05, 0.1) is 6.26 Å². The third-order valence-corrected chi connectivity index (χ3v) is 1.95. The molecule has 0 aromatic heterocycles. The molecule has 0 spiro atoms. The quantitative estimate of drug-likeness (QED) is 0.718. The van der Waals surface area contributed by atoms with Gasteiger partial charge in [-0.1, -0.05) is 30.3 Å². The van der Waals surface area contributed by atoms with Crippen LogP contribution >= 0.6 is 11.6 Å². The standard InChI is InChI=1S/C10H8ClF3O/c1-2-15-9(10(12,13)14)7-3-5-8(11)6-4-7/h2-6,9H,1H2. The lowest BCUT2D eigenvalue weighted by molar-refractivity contribution is -0.208. The molecule has 0 saturated heterocycles. The fourth-order valence-corrected chi connectivity index (χ4v) is 1.20. The molecule has 0 amide bonds. The predicted octanol–water partition coefficient (Wildman–Crippen LogP) is 4.10. The van der Waals surface area contributed by atoms with Gasteiger partial charge in [0.2, 0.25) is 6.10 Å². The summed E-state index contributed by atoms with van der Waals surface area (Å²) in [4.78, 5) is 0. The van der Waals surface area contributed by atoms with Gasteiger partial charge in [0.1, 0.15) is 0 Å². The number of hydrogen-bond donors (Lipinski definition) is 0. The van der Waals surface area contributed by atoms with Gasteiger partial charge < -0.3 is 4.74 Å². The summed E-state index contributed by atoms with van der Waals surface area (Å²) < 4.78 is 41.9. The van der Waals surface area contributed by atoms with Crippen LogP contribution in [0.2, 0.25) is 5.02 Å². The van der Waals surface area contributed by atoms with Gasteiger partial charge in [0.15, 0.2) is 0 Å². The minimum atomic E-state index is -4.47. The van der Waals surface area contributed by atoms with Crippen molar-refractivity contribution in [1.82, 2.24) is 0 Å². The van der Waals surface area contributed by atoms with E-state index in [4.69, 9.17) is 11.6 Å². The highest BCUT2D eigenvalue weighted by Crippen LogP contribution is 2.36. The number of ether oxygens (including phenoxy) is 1. The van der Waals surface area contributed by atoms with Gasteiger partial charge in [-0.2, -0.15) is 13.2 Å². The zero-order valence-electron chi connectivity index (χ0n) is 7.59. The second kappa shape index (κ2) is 4.57. The van der Waals surface area contributed by atoms with Crippen molar-refractivity contribution in [2.45, 2.75) is 12.3 Å². The lowest BCUT2D eigenvalue weighted by Gasteiger charge is -2.19. The van der Waals surface area contributed by atoms with E-state index in [2.05, 4.69) is 11.3 Å². The first-order valence-electron chi connectivity index (χ1n) is 4.03. The van der Waals surface area contributed by atoms with Crippen molar-refractivity contribution in [2.75, 3.05) is 0 Å². The fourth-order valence-electron chi connectivity index (χ4n) is 1.08. The molecule has 0 heterocycles. The van der Waals surface area contributed by atoms with Crippen molar-refractivity contribution >= 4 is 11.6 Å². The summed E-state index contributed by atoms with van der Waals surface area (Å²) >= 11 is 5.57. The van der Waals surface area contributed by atoms with Gasteiger partial charge in [-0.15, -0.1) is 0 Å². The van der Waals surface area contributed by atoms with Crippen molar-refractivity contribution < 1.29 is 17.9 Å². The van der Waals surface area contributed by atoms with Crippen LogP contribution in [0.25, 0.3) is 0 Å². The first-order valence-corrected chi connectivity index (χ1v) is 4.41. The van der Waals surface area contributed by atoms with E-state index in [1.165, 1.54) is 24.3 Å². The van der Waals surface area contributed by atoms with E-state index in [0.29, 0.717) is 5.02 Å². The second-order valence-corrected chi connectivity index (χ2v) is 3.21. The Labute approximate surface area is 90.1 Å². The SMILES string of the molecule is C=COC(c1ccc(Cl)cc1)C(F)(F)F. The Morgan fingerprint density at radius 3 is 2.20 bits per heavy atom. The lowest BCUT2D eigenvalue weighted by atomic mass is 10.1. The first-order chi connectivity index (χ1) is 6.95. The largest absolute Gasteiger partial charge is 0.484 e. The third kappa shape index (κ3) is 3.16. The van der Waals surface area contributed by atoms with Crippen LogP contribution in [0.4, 0.5) is 13.2 Å². The number of hydrogen-bond acceptors (Lipinski definition) is 1. The molecular formula is C10H8ClF3O. The Bertz CT molecular complexity index is 332. The minimum absolute atomic E-state index is 0.00759. The molecule has 0 aliphatic heterocycles. The Kier molecular flexibility index (Phi) is 3.63. The van der Waals surface area contributed by atoms with Crippen molar-refractivity contribution in [3.05, 3.63) is 47.7 Å². The predicted molar refractivity (Wildman–Crippen MR) is 51.5 cm³/mol. The van der Waals surface area contributed by atoms with Crippen LogP contribution in [0.15, 0.2) is 37.1 Å². The molecule has 1 aromatic carbocycles. The summed E-state index contributed by atoms with van der Waals surface area (Å²) in [5, 5.41) is 0.373. The molecule has 1 aromatic rings. The van der Waals surface area contributed by atoms with Gasteiger partial charge in [0.25, 0.3) is 0 Å². The van der Waals surface area contributed by atoms with Crippen LogP contribution in [-0.4, -0.2) is 6.18 Å². The molecule has 1 rings (SSSR count). The van der Waals surface area contributed by atoms with Crippen molar-refractivity contribution in [3.63, 3.8) is 0 Å². The van der Waals surface area contributed by atoms with Gasteiger partial charge in [-0.3, -0.25) is 0 Å². The summed E-state index contributed by atoms with van der Waals surface area (Å²) in [5.41, 5.74) is -0.00759. The average molecular weight is 237 g/mol. The maximum Gasteiger partial charge on any atom is 0.429 e. The summed E-state index contributed by atoms with van der Waals surface area (Å²) in [5.74, 6) is 0. The van der Waals surface area contributed by atoms with Crippen molar-refractivity contribution in [3.8, 4) is 0 Å². The molecule has 0 N–H and O–H groups in total. The van der Waals surface area contributed by atoms with E-state index in [1.807, 2.05) is 0 Å². The fraction of sp³-hybridized carbons (Fsp3) is 0.200. The molecule has 0 saturated carbocycles. The average Bonchev–Trinajstić information content (AvgIpc) is 2.14. The second-order valence-electron chi connectivity index (χ2n) is 2.78. The summed E-state index contributed by atoms with van der Waals surface area (Å²) in [6, 6.07) is 5.29. The van der Waals surface area contributed by atoms with Crippen molar-refractivity contribution in [1.29, 1.82) is 0 Å². The smallest absolute Gasteiger partial charge is 0.429 e.